The van der Waals surface area contributed by atoms with Crippen molar-refractivity contribution in [1.82, 2.24) is 0 Å². The fourth-order valence-corrected chi connectivity index (χ4v) is 0.470. The predicted molar refractivity (Wildman–Crippen MR) is 43.3 cm³/mol. The van der Waals surface area contributed by atoms with Crippen molar-refractivity contribution >= 4 is 0 Å². The molecule has 0 saturated heterocycles. The third-order valence-electron chi connectivity index (χ3n) is 0.958. The van der Waals surface area contributed by atoms with Crippen LogP contribution in [0.5, 0.6) is 0 Å². The number of nitrogens with two attached hydrogens (primary N) is 1. The van der Waals surface area contributed by atoms with E-state index in [-0.39, 0.29) is 6.61 Å². The average Bonchev–Trinajstić information content (AvgIpc) is 1.89. The zero-order valence-electron chi connectivity index (χ0n) is 5.96. The summed E-state index contributed by atoms with van der Waals surface area (Å²) in [7, 11) is 0. The molecule has 2 heteroatoms. The highest BCUT2D eigenvalue weighted by atomic mass is 16.3. The summed E-state index contributed by atoms with van der Waals surface area (Å²) in [6.45, 7) is 3.60. The number of rotatable bonds is 4. The van der Waals surface area contributed by atoms with Gasteiger partial charge in [-0.05, 0) is 6.08 Å². The van der Waals surface area contributed by atoms with E-state index in [4.69, 9.17) is 10.8 Å². The van der Waals surface area contributed by atoms with Crippen LogP contribution in [0, 0.1) is 0 Å². The predicted octanol–water partition coefficient (Wildman–Crippen LogP) is 0.954. The van der Waals surface area contributed by atoms with Crippen molar-refractivity contribution < 1.29 is 5.11 Å². The smallest absolute Gasteiger partial charge is 0.0485 e. The minimum Gasteiger partial charge on any atom is -0.402 e. The summed E-state index contributed by atoms with van der Waals surface area (Å²) in [6, 6.07) is 0. The Morgan fingerprint density at radius 2 is 2.20 bits per heavy atom. The highest BCUT2D eigenvalue weighted by molar-refractivity contribution is 5.13. The van der Waals surface area contributed by atoms with E-state index in [9.17, 15) is 0 Å². The molecule has 0 fully saturated rings. The second-order valence-electron chi connectivity index (χ2n) is 1.84. The summed E-state index contributed by atoms with van der Waals surface area (Å²) in [4.78, 5) is 0. The number of hydrogen-bond donors (Lipinski definition) is 2. The first-order valence-electron chi connectivity index (χ1n) is 3.16. The van der Waals surface area contributed by atoms with E-state index in [0.29, 0.717) is 12.1 Å². The van der Waals surface area contributed by atoms with Crippen LogP contribution in [-0.2, 0) is 0 Å². The first-order chi connectivity index (χ1) is 4.81. The van der Waals surface area contributed by atoms with Gasteiger partial charge in [-0.3, -0.25) is 0 Å². The van der Waals surface area contributed by atoms with Crippen molar-refractivity contribution in [1.29, 1.82) is 0 Å². The minimum atomic E-state index is 0.101. The van der Waals surface area contributed by atoms with Crippen LogP contribution >= 0.6 is 0 Å². The molecule has 0 rings (SSSR count). The molecule has 3 N–H and O–H groups in total. The maximum Gasteiger partial charge on any atom is 0.0485 e. The molecule has 10 heavy (non-hydrogen) atoms. The molecule has 0 aliphatic heterocycles. The Bertz CT molecular complexity index is 147. The monoisotopic (exact) mass is 139 g/mol. The lowest BCUT2D eigenvalue weighted by Gasteiger charge is -1.92. The van der Waals surface area contributed by atoms with Crippen LogP contribution in [0.3, 0.4) is 0 Å². The standard InChI is InChI=1S/C8H13NO/c1-2-3-4-5-8(9)6-7-10/h2-5,10H,1,6-7,9H2/b4-3-,8-5-. The number of aliphatic hydroxyl groups is 1. The Kier molecular flexibility index (Phi) is 5.48. The van der Waals surface area contributed by atoms with Gasteiger partial charge in [0.1, 0.15) is 0 Å². The van der Waals surface area contributed by atoms with Gasteiger partial charge >= 0.3 is 0 Å². The second-order valence-corrected chi connectivity index (χ2v) is 1.84. The fourth-order valence-electron chi connectivity index (χ4n) is 0.470. The van der Waals surface area contributed by atoms with Crippen LogP contribution < -0.4 is 5.73 Å². The Morgan fingerprint density at radius 1 is 1.50 bits per heavy atom. The zero-order valence-corrected chi connectivity index (χ0v) is 5.96. The lowest BCUT2D eigenvalue weighted by molar-refractivity contribution is 0.299. The summed E-state index contributed by atoms with van der Waals surface area (Å²) in [6.07, 6.45) is 7.52. The molecule has 2 nitrogen and oxygen atoms in total. The average molecular weight is 139 g/mol. The normalized spacial score (nSPS) is 12.3. The third-order valence-corrected chi connectivity index (χ3v) is 0.958. The van der Waals surface area contributed by atoms with Gasteiger partial charge in [0, 0.05) is 18.7 Å². The van der Waals surface area contributed by atoms with Crippen molar-refractivity contribution in [2.45, 2.75) is 6.42 Å². The second kappa shape index (κ2) is 6.11. The maximum atomic E-state index is 8.43. The molecule has 0 bridgehead atoms. The summed E-state index contributed by atoms with van der Waals surface area (Å²) >= 11 is 0. The van der Waals surface area contributed by atoms with Crippen LogP contribution in [0.25, 0.3) is 0 Å². The SMILES string of the molecule is C=C/C=C\C=C(/N)CCO. The lowest BCUT2D eigenvalue weighted by Crippen LogP contribution is -1.98. The molecule has 0 aromatic carbocycles. The molecular weight excluding hydrogens is 126 g/mol. The van der Waals surface area contributed by atoms with Crippen LogP contribution in [0.4, 0.5) is 0 Å². The van der Waals surface area contributed by atoms with E-state index in [2.05, 4.69) is 6.58 Å². The van der Waals surface area contributed by atoms with Gasteiger partial charge < -0.3 is 10.8 Å². The van der Waals surface area contributed by atoms with Crippen LogP contribution in [-0.4, -0.2) is 11.7 Å². The molecule has 0 amide bonds. The molecule has 0 saturated carbocycles. The van der Waals surface area contributed by atoms with Crippen LogP contribution in [0.1, 0.15) is 6.42 Å². The summed E-state index contributed by atoms with van der Waals surface area (Å²) in [5.74, 6) is 0. The Labute approximate surface area is 61.4 Å². The van der Waals surface area contributed by atoms with Gasteiger partial charge in [-0.2, -0.15) is 0 Å². The topological polar surface area (TPSA) is 46.2 Å². The van der Waals surface area contributed by atoms with E-state index in [1.807, 2.05) is 0 Å². The first kappa shape index (κ1) is 8.98. The van der Waals surface area contributed by atoms with E-state index < -0.39 is 0 Å². The molecule has 0 aliphatic carbocycles. The summed E-state index contributed by atoms with van der Waals surface area (Å²) < 4.78 is 0. The van der Waals surface area contributed by atoms with Gasteiger partial charge in [0.25, 0.3) is 0 Å². The lowest BCUT2D eigenvalue weighted by atomic mass is 10.3. The van der Waals surface area contributed by atoms with Crippen molar-refractivity contribution in [2.24, 2.45) is 5.73 Å². The molecule has 0 atom stereocenters. The van der Waals surface area contributed by atoms with Crippen molar-refractivity contribution in [2.75, 3.05) is 6.61 Å². The quantitative estimate of drug-likeness (QED) is 0.570. The van der Waals surface area contributed by atoms with Gasteiger partial charge in [0.15, 0.2) is 0 Å². The molecule has 0 spiro atoms. The van der Waals surface area contributed by atoms with E-state index in [0.717, 1.165) is 0 Å². The maximum absolute atomic E-state index is 8.43. The van der Waals surface area contributed by atoms with E-state index in [1.165, 1.54) is 0 Å². The minimum absolute atomic E-state index is 0.101. The molecule has 0 unspecified atom stereocenters. The Morgan fingerprint density at radius 3 is 2.70 bits per heavy atom. The number of allylic oxidation sites excluding steroid dienone is 4. The van der Waals surface area contributed by atoms with Gasteiger partial charge in [-0.1, -0.05) is 24.8 Å². The molecular formula is C8H13NO. The zero-order chi connectivity index (χ0) is 7.82. The number of hydrogen-bond acceptors (Lipinski definition) is 2. The molecule has 0 heterocycles. The summed E-state index contributed by atoms with van der Waals surface area (Å²) in [5, 5.41) is 8.43. The van der Waals surface area contributed by atoms with Crippen LogP contribution in [0.15, 0.2) is 36.6 Å². The molecule has 0 aliphatic rings. The molecule has 0 radical (unpaired) electrons. The van der Waals surface area contributed by atoms with E-state index in [1.54, 1.807) is 24.3 Å². The van der Waals surface area contributed by atoms with E-state index >= 15 is 0 Å². The van der Waals surface area contributed by atoms with Gasteiger partial charge in [-0.25, -0.2) is 0 Å². The van der Waals surface area contributed by atoms with Crippen molar-refractivity contribution in [3.8, 4) is 0 Å². The van der Waals surface area contributed by atoms with Gasteiger partial charge in [0.2, 0.25) is 0 Å². The number of aliphatic hydroxyl groups excluding tert-OH is 1. The largest absolute Gasteiger partial charge is 0.402 e. The Balaban J connectivity index is 3.67. The van der Waals surface area contributed by atoms with Gasteiger partial charge in [0.05, 0.1) is 0 Å². The first-order valence-corrected chi connectivity index (χ1v) is 3.16. The third kappa shape index (κ3) is 5.12. The fraction of sp³-hybridized carbons (Fsp3) is 0.250. The molecule has 0 aromatic rings. The van der Waals surface area contributed by atoms with Crippen LogP contribution in [0.2, 0.25) is 0 Å². The molecule has 56 valence electrons. The summed E-state index contributed by atoms with van der Waals surface area (Å²) in [5.41, 5.74) is 6.12. The highest BCUT2D eigenvalue weighted by Gasteiger charge is 1.83. The van der Waals surface area contributed by atoms with Crippen molar-refractivity contribution in [3.05, 3.63) is 36.6 Å². The Hall–Kier alpha value is -1.02. The van der Waals surface area contributed by atoms with Gasteiger partial charge in [-0.15, -0.1) is 0 Å². The highest BCUT2D eigenvalue weighted by Crippen LogP contribution is 1.90. The molecule has 0 aromatic heterocycles. The van der Waals surface area contributed by atoms with Crippen molar-refractivity contribution in [3.63, 3.8) is 0 Å².